The van der Waals surface area contributed by atoms with Crippen molar-refractivity contribution in [3.05, 3.63) is 35.4 Å². The van der Waals surface area contributed by atoms with Crippen LogP contribution in [0.2, 0.25) is 0 Å². The van der Waals surface area contributed by atoms with Gasteiger partial charge in [0.05, 0.1) is 6.54 Å². The summed E-state index contributed by atoms with van der Waals surface area (Å²) in [6, 6.07) is 8.68. The summed E-state index contributed by atoms with van der Waals surface area (Å²) in [5, 5.41) is 6.21. The second-order valence-electron chi connectivity index (χ2n) is 4.84. The largest absolute Gasteiger partial charge is 0.353 e. The standard InChI is InChI=1S/C15H24N2O/c1-5-12(3)17-15(18)10-16-13(4)14-9-7-6-8-11(14)2/h6-9,12-13,16H,5,10H2,1-4H3,(H,17,18)/t12?,13-/m0/s1. The Bertz CT molecular complexity index is 390. The van der Waals surface area contributed by atoms with Gasteiger partial charge >= 0.3 is 0 Å². The number of carbonyl (C=O) groups excluding carboxylic acids is 1. The van der Waals surface area contributed by atoms with Gasteiger partial charge in [0.2, 0.25) is 5.91 Å². The van der Waals surface area contributed by atoms with Crippen molar-refractivity contribution < 1.29 is 4.79 Å². The summed E-state index contributed by atoms with van der Waals surface area (Å²) in [4.78, 5) is 11.7. The second kappa shape index (κ2) is 7.17. The van der Waals surface area contributed by atoms with Crippen LogP contribution in [-0.4, -0.2) is 18.5 Å². The molecule has 0 saturated carbocycles. The topological polar surface area (TPSA) is 41.1 Å². The Balaban J connectivity index is 2.44. The smallest absolute Gasteiger partial charge is 0.234 e. The van der Waals surface area contributed by atoms with Crippen molar-refractivity contribution in [2.75, 3.05) is 6.54 Å². The average molecular weight is 248 g/mol. The molecule has 0 aliphatic rings. The van der Waals surface area contributed by atoms with E-state index in [0.29, 0.717) is 6.54 Å². The van der Waals surface area contributed by atoms with Crippen LogP contribution in [0.25, 0.3) is 0 Å². The quantitative estimate of drug-likeness (QED) is 0.812. The number of carbonyl (C=O) groups is 1. The zero-order valence-corrected chi connectivity index (χ0v) is 11.8. The van der Waals surface area contributed by atoms with E-state index in [4.69, 9.17) is 0 Å². The maximum Gasteiger partial charge on any atom is 0.234 e. The van der Waals surface area contributed by atoms with E-state index >= 15 is 0 Å². The van der Waals surface area contributed by atoms with Gasteiger partial charge in [-0.1, -0.05) is 31.2 Å². The molecular weight excluding hydrogens is 224 g/mol. The molecule has 0 fully saturated rings. The van der Waals surface area contributed by atoms with Crippen LogP contribution in [-0.2, 0) is 4.79 Å². The molecule has 0 bridgehead atoms. The van der Waals surface area contributed by atoms with Crippen molar-refractivity contribution in [1.82, 2.24) is 10.6 Å². The van der Waals surface area contributed by atoms with Crippen molar-refractivity contribution in [2.45, 2.75) is 46.2 Å². The molecule has 2 N–H and O–H groups in total. The molecule has 0 heterocycles. The molecule has 0 aromatic heterocycles. The second-order valence-corrected chi connectivity index (χ2v) is 4.84. The number of amides is 1. The van der Waals surface area contributed by atoms with Gasteiger partial charge in [0.15, 0.2) is 0 Å². The van der Waals surface area contributed by atoms with E-state index in [2.05, 4.69) is 43.5 Å². The summed E-state index contributed by atoms with van der Waals surface area (Å²) < 4.78 is 0. The van der Waals surface area contributed by atoms with Gasteiger partial charge in [-0.2, -0.15) is 0 Å². The highest BCUT2D eigenvalue weighted by Gasteiger charge is 2.10. The van der Waals surface area contributed by atoms with E-state index in [1.54, 1.807) is 0 Å². The van der Waals surface area contributed by atoms with Crippen LogP contribution in [0.5, 0.6) is 0 Å². The third-order valence-electron chi connectivity index (χ3n) is 3.24. The highest BCUT2D eigenvalue weighted by molar-refractivity contribution is 5.78. The van der Waals surface area contributed by atoms with Crippen molar-refractivity contribution >= 4 is 5.91 Å². The number of hydrogen-bond acceptors (Lipinski definition) is 2. The molecule has 1 unspecified atom stereocenters. The van der Waals surface area contributed by atoms with Gasteiger partial charge in [-0.25, -0.2) is 0 Å². The molecule has 100 valence electrons. The Morgan fingerprint density at radius 2 is 1.94 bits per heavy atom. The summed E-state index contributed by atoms with van der Waals surface area (Å²) in [5.41, 5.74) is 2.49. The van der Waals surface area contributed by atoms with E-state index < -0.39 is 0 Å². The average Bonchev–Trinajstić information content (AvgIpc) is 2.36. The number of hydrogen-bond donors (Lipinski definition) is 2. The van der Waals surface area contributed by atoms with Gasteiger partial charge in [0.1, 0.15) is 0 Å². The van der Waals surface area contributed by atoms with Crippen LogP contribution in [0.15, 0.2) is 24.3 Å². The molecule has 3 nitrogen and oxygen atoms in total. The molecule has 0 spiro atoms. The first-order chi connectivity index (χ1) is 8.54. The lowest BCUT2D eigenvalue weighted by molar-refractivity contribution is -0.121. The van der Waals surface area contributed by atoms with E-state index in [1.807, 2.05) is 19.1 Å². The molecule has 0 radical (unpaired) electrons. The van der Waals surface area contributed by atoms with E-state index in [9.17, 15) is 4.79 Å². The minimum atomic E-state index is 0.0600. The van der Waals surface area contributed by atoms with Gasteiger partial charge in [-0.15, -0.1) is 0 Å². The maximum absolute atomic E-state index is 11.7. The highest BCUT2D eigenvalue weighted by atomic mass is 16.1. The summed E-state index contributed by atoms with van der Waals surface area (Å²) >= 11 is 0. The van der Waals surface area contributed by atoms with Crippen LogP contribution < -0.4 is 10.6 Å². The summed E-state index contributed by atoms with van der Waals surface area (Å²) in [6.45, 7) is 8.61. The number of benzene rings is 1. The fourth-order valence-electron chi connectivity index (χ4n) is 1.86. The summed E-state index contributed by atoms with van der Waals surface area (Å²) in [7, 11) is 0. The van der Waals surface area contributed by atoms with E-state index in [0.717, 1.165) is 6.42 Å². The van der Waals surface area contributed by atoms with Crippen molar-refractivity contribution in [2.24, 2.45) is 0 Å². The van der Waals surface area contributed by atoms with Crippen molar-refractivity contribution in [3.63, 3.8) is 0 Å². The van der Waals surface area contributed by atoms with Crippen LogP contribution in [0.4, 0.5) is 0 Å². The molecule has 1 amide bonds. The van der Waals surface area contributed by atoms with Crippen molar-refractivity contribution in [3.8, 4) is 0 Å². The third kappa shape index (κ3) is 4.49. The zero-order valence-electron chi connectivity index (χ0n) is 11.8. The Labute approximate surface area is 110 Å². The minimum Gasteiger partial charge on any atom is -0.353 e. The Kier molecular flexibility index (Phi) is 5.86. The lowest BCUT2D eigenvalue weighted by Gasteiger charge is -2.17. The predicted molar refractivity (Wildman–Crippen MR) is 75.5 cm³/mol. The monoisotopic (exact) mass is 248 g/mol. The van der Waals surface area contributed by atoms with E-state index in [1.165, 1.54) is 11.1 Å². The van der Waals surface area contributed by atoms with Gasteiger partial charge in [-0.05, 0) is 38.3 Å². The Morgan fingerprint density at radius 1 is 1.28 bits per heavy atom. The van der Waals surface area contributed by atoms with Crippen LogP contribution >= 0.6 is 0 Å². The van der Waals surface area contributed by atoms with Gasteiger partial charge < -0.3 is 10.6 Å². The van der Waals surface area contributed by atoms with Gasteiger partial charge in [-0.3, -0.25) is 4.79 Å². The fourth-order valence-corrected chi connectivity index (χ4v) is 1.86. The first kappa shape index (κ1) is 14.7. The Hall–Kier alpha value is -1.35. The molecule has 1 rings (SSSR count). The molecule has 1 aromatic carbocycles. The SMILES string of the molecule is CCC(C)NC(=O)CN[C@@H](C)c1ccccc1C. The van der Waals surface area contributed by atoms with Crippen LogP contribution in [0, 0.1) is 6.92 Å². The van der Waals surface area contributed by atoms with Gasteiger partial charge in [0.25, 0.3) is 0 Å². The molecule has 0 aliphatic carbocycles. The molecule has 0 saturated heterocycles. The minimum absolute atomic E-state index is 0.0600. The first-order valence-corrected chi connectivity index (χ1v) is 6.62. The third-order valence-corrected chi connectivity index (χ3v) is 3.24. The van der Waals surface area contributed by atoms with Crippen LogP contribution in [0.1, 0.15) is 44.4 Å². The molecule has 0 aliphatic heterocycles. The number of rotatable bonds is 6. The first-order valence-electron chi connectivity index (χ1n) is 6.62. The number of aryl methyl sites for hydroxylation is 1. The molecular formula is C15H24N2O. The fraction of sp³-hybridized carbons (Fsp3) is 0.533. The Morgan fingerprint density at radius 3 is 2.56 bits per heavy atom. The van der Waals surface area contributed by atoms with E-state index in [-0.39, 0.29) is 18.0 Å². The normalized spacial score (nSPS) is 14.0. The lowest BCUT2D eigenvalue weighted by atomic mass is 10.0. The lowest BCUT2D eigenvalue weighted by Crippen LogP contribution is -2.39. The van der Waals surface area contributed by atoms with Crippen LogP contribution in [0.3, 0.4) is 0 Å². The zero-order chi connectivity index (χ0) is 13.5. The molecule has 1 aromatic rings. The number of nitrogens with one attached hydrogen (secondary N) is 2. The predicted octanol–water partition coefficient (Wildman–Crippen LogP) is 2.56. The summed E-state index contributed by atoms with van der Waals surface area (Å²) in [6.07, 6.45) is 0.957. The molecule has 2 atom stereocenters. The summed E-state index contributed by atoms with van der Waals surface area (Å²) in [5.74, 6) is 0.0600. The molecule has 18 heavy (non-hydrogen) atoms. The maximum atomic E-state index is 11.7. The van der Waals surface area contributed by atoms with Gasteiger partial charge in [0, 0.05) is 12.1 Å². The van der Waals surface area contributed by atoms with Crippen molar-refractivity contribution in [1.29, 1.82) is 0 Å². The molecule has 3 heteroatoms. The highest BCUT2D eigenvalue weighted by Crippen LogP contribution is 2.15.